The number of carbonyl (C=O) groups is 4. The van der Waals surface area contributed by atoms with Crippen LogP contribution >= 0.6 is 0 Å². The van der Waals surface area contributed by atoms with Crippen LogP contribution in [-0.2, 0) is 16.8 Å². The molecule has 35 heavy (non-hydrogen) atoms. The Bertz CT molecular complexity index is 1040. The minimum absolute atomic E-state index is 0. The number of carbonyl (C=O) groups excluding carboxylic acids is 4. The Kier molecular flexibility index (Phi) is 10.9. The third-order valence-electron chi connectivity index (χ3n) is 4.76. The Balaban J connectivity index is 0.000000240. The first kappa shape index (κ1) is 27.1. The van der Waals surface area contributed by atoms with Crippen molar-refractivity contribution in [3.63, 3.8) is 0 Å². The summed E-state index contributed by atoms with van der Waals surface area (Å²) >= 11 is 0. The van der Waals surface area contributed by atoms with Crippen LogP contribution < -0.4 is 0 Å². The maximum atomic E-state index is 11.8. The van der Waals surface area contributed by atoms with Gasteiger partial charge in [0, 0.05) is 0 Å². The molecule has 4 rings (SSSR count). The zero-order valence-corrected chi connectivity index (χ0v) is 19.7. The molecule has 0 amide bonds. The summed E-state index contributed by atoms with van der Waals surface area (Å²) in [6, 6.07) is 35.0. The SMILES string of the molecule is O=C([CH-]C(=O)c1ccccc1)c1ccccc1.O=C([CH-]C(=O)c1ccccc1)c1ccccc1.[Co+2]. The minimum atomic E-state index is -0.264. The first-order valence-electron chi connectivity index (χ1n) is 10.6. The molecule has 0 spiro atoms. The first-order chi connectivity index (χ1) is 16.5. The predicted molar refractivity (Wildman–Crippen MR) is 132 cm³/mol. The summed E-state index contributed by atoms with van der Waals surface area (Å²) in [5.41, 5.74) is 2.10. The van der Waals surface area contributed by atoms with Gasteiger partial charge in [0.2, 0.25) is 0 Å². The van der Waals surface area contributed by atoms with Crippen LogP contribution in [0.3, 0.4) is 0 Å². The van der Waals surface area contributed by atoms with Gasteiger partial charge in [0.25, 0.3) is 0 Å². The summed E-state index contributed by atoms with van der Waals surface area (Å²) in [6.45, 7) is 0. The molecular weight excluding hydrogens is 483 g/mol. The Morgan fingerprint density at radius 1 is 0.343 bits per heavy atom. The van der Waals surface area contributed by atoms with E-state index in [1.807, 2.05) is 24.3 Å². The van der Waals surface area contributed by atoms with E-state index < -0.39 is 0 Å². The van der Waals surface area contributed by atoms with E-state index in [1.165, 1.54) is 0 Å². The Morgan fingerprint density at radius 2 is 0.514 bits per heavy atom. The molecule has 0 atom stereocenters. The fourth-order valence-electron chi connectivity index (χ4n) is 2.98. The van der Waals surface area contributed by atoms with Gasteiger partial charge in [-0.25, -0.2) is 0 Å². The van der Waals surface area contributed by atoms with E-state index in [2.05, 4.69) is 0 Å². The van der Waals surface area contributed by atoms with Gasteiger partial charge in [0.1, 0.15) is 0 Å². The summed E-state index contributed by atoms with van der Waals surface area (Å²) < 4.78 is 0. The molecule has 0 aliphatic carbocycles. The number of hydrogen-bond donors (Lipinski definition) is 0. The smallest absolute Gasteiger partial charge is 0.318 e. The van der Waals surface area contributed by atoms with Crippen LogP contribution in [-0.4, -0.2) is 23.1 Å². The Morgan fingerprint density at radius 3 is 0.686 bits per heavy atom. The topological polar surface area (TPSA) is 68.3 Å². The van der Waals surface area contributed by atoms with Crippen LogP contribution in [0.1, 0.15) is 41.4 Å². The number of hydrogen-bond acceptors (Lipinski definition) is 4. The Labute approximate surface area is 215 Å². The van der Waals surface area contributed by atoms with E-state index in [0.717, 1.165) is 12.8 Å². The molecular formula is C30H22CoO4. The van der Waals surface area contributed by atoms with Gasteiger partial charge in [-0.2, -0.15) is 0 Å². The molecule has 175 valence electrons. The van der Waals surface area contributed by atoms with Crippen molar-refractivity contribution < 1.29 is 36.0 Å². The van der Waals surface area contributed by atoms with Crippen LogP contribution in [0.25, 0.3) is 0 Å². The van der Waals surface area contributed by atoms with Gasteiger partial charge in [0.15, 0.2) is 0 Å². The average molecular weight is 505 g/mol. The molecule has 0 aliphatic rings. The van der Waals surface area contributed by atoms with E-state index in [1.54, 1.807) is 97.1 Å². The molecule has 4 aromatic carbocycles. The standard InChI is InChI=1S/2C15H11O2.Co/c2*16-14(12-7-3-1-4-8-12)11-15(17)13-9-5-2-6-10-13;/h2*1-11H;/q2*-1;+2. The van der Waals surface area contributed by atoms with Gasteiger partial charge in [-0.1, -0.05) is 108 Å². The molecule has 4 aromatic rings. The summed E-state index contributed by atoms with van der Waals surface area (Å²) in [7, 11) is 0. The predicted octanol–water partition coefficient (Wildman–Crippen LogP) is 5.91. The van der Waals surface area contributed by atoms with Crippen molar-refractivity contribution in [3.8, 4) is 0 Å². The van der Waals surface area contributed by atoms with E-state index in [-0.39, 0.29) is 39.9 Å². The van der Waals surface area contributed by atoms with Gasteiger partial charge in [-0.05, 0) is 0 Å². The molecule has 0 bridgehead atoms. The largest absolute Gasteiger partial charge is 2.00 e. The third kappa shape index (κ3) is 8.59. The fourth-order valence-corrected chi connectivity index (χ4v) is 2.98. The Hall–Kier alpha value is -4.19. The minimum Gasteiger partial charge on any atom is -0.318 e. The summed E-state index contributed by atoms with van der Waals surface area (Å²) in [5, 5.41) is 0. The van der Waals surface area contributed by atoms with Gasteiger partial charge in [-0.15, -0.1) is 48.5 Å². The molecule has 0 N–H and O–H groups in total. The monoisotopic (exact) mass is 505 g/mol. The van der Waals surface area contributed by atoms with Gasteiger partial charge < -0.3 is 19.2 Å². The summed E-state index contributed by atoms with van der Waals surface area (Å²) in [5.74, 6) is -1.06. The molecule has 0 unspecified atom stereocenters. The van der Waals surface area contributed by atoms with Gasteiger partial charge in [-0.3, -0.25) is 0 Å². The number of rotatable bonds is 8. The van der Waals surface area contributed by atoms with E-state index in [9.17, 15) is 19.2 Å². The van der Waals surface area contributed by atoms with Crippen LogP contribution in [0.15, 0.2) is 121 Å². The third-order valence-corrected chi connectivity index (χ3v) is 4.76. The van der Waals surface area contributed by atoms with Crippen molar-refractivity contribution in [1.29, 1.82) is 0 Å². The molecule has 0 heterocycles. The molecule has 0 aromatic heterocycles. The zero-order valence-electron chi connectivity index (χ0n) is 18.7. The molecule has 1 radical (unpaired) electrons. The van der Waals surface area contributed by atoms with Crippen molar-refractivity contribution in [2.45, 2.75) is 0 Å². The molecule has 4 nitrogen and oxygen atoms in total. The van der Waals surface area contributed by atoms with Crippen molar-refractivity contribution in [2.75, 3.05) is 0 Å². The maximum absolute atomic E-state index is 11.8. The fraction of sp³-hybridized carbons (Fsp3) is 0. The second-order valence-corrected chi connectivity index (χ2v) is 7.21. The average Bonchev–Trinajstić information content (AvgIpc) is 2.91. The van der Waals surface area contributed by atoms with E-state index in [4.69, 9.17) is 0 Å². The van der Waals surface area contributed by atoms with Crippen LogP contribution in [0.2, 0.25) is 0 Å². The summed E-state index contributed by atoms with van der Waals surface area (Å²) in [6.07, 6.45) is 2.26. The van der Waals surface area contributed by atoms with Crippen LogP contribution in [0.5, 0.6) is 0 Å². The molecule has 0 saturated heterocycles. The van der Waals surface area contributed by atoms with Crippen molar-refractivity contribution in [1.82, 2.24) is 0 Å². The normalized spacial score (nSPS) is 9.37. The second kappa shape index (κ2) is 14.2. The van der Waals surface area contributed by atoms with Crippen molar-refractivity contribution >= 4 is 23.1 Å². The second-order valence-electron chi connectivity index (χ2n) is 7.21. The molecule has 5 heteroatoms. The number of benzene rings is 4. The van der Waals surface area contributed by atoms with Crippen LogP contribution in [0.4, 0.5) is 0 Å². The summed E-state index contributed by atoms with van der Waals surface area (Å²) in [4.78, 5) is 47.0. The molecule has 0 fully saturated rings. The van der Waals surface area contributed by atoms with Crippen molar-refractivity contribution in [3.05, 3.63) is 156 Å². The van der Waals surface area contributed by atoms with Crippen LogP contribution in [0, 0.1) is 12.8 Å². The zero-order chi connectivity index (χ0) is 24.2. The molecule has 0 aliphatic heterocycles. The maximum Gasteiger partial charge on any atom is 2.00 e. The number of Topliss-reactive ketones (excluding diaryl/α,β-unsaturated/α-hetero) is 4. The number of ketones is 4. The van der Waals surface area contributed by atoms with E-state index in [0.29, 0.717) is 22.3 Å². The quantitative estimate of drug-likeness (QED) is 0.170. The molecule has 0 saturated carbocycles. The van der Waals surface area contributed by atoms with Gasteiger partial charge in [0.05, 0.1) is 23.1 Å². The van der Waals surface area contributed by atoms with E-state index >= 15 is 0 Å². The first-order valence-corrected chi connectivity index (χ1v) is 10.6. The van der Waals surface area contributed by atoms with Crippen molar-refractivity contribution in [2.24, 2.45) is 0 Å². The van der Waals surface area contributed by atoms with Gasteiger partial charge >= 0.3 is 16.8 Å².